The van der Waals surface area contributed by atoms with E-state index in [9.17, 15) is 4.79 Å². The maximum absolute atomic E-state index is 13.8. The van der Waals surface area contributed by atoms with E-state index in [0.29, 0.717) is 13.2 Å². The predicted octanol–water partition coefficient (Wildman–Crippen LogP) is 5.31. The van der Waals surface area contributed by atoms with Gasteiger partial charge in [-0.1, -0.05) is 39.0 Å². The molecule has 0 spiro atoms. The van der Waals surface area contributed by atoms with Crippen molar-refractivity contribution in [2.45, 2.75) is 58.4 Å². The molecule has 1 aromatic heterocycles. The largest absolute Gasteiger partial charge is 0.492 e. The number of hydrogen-bond donors (Lipinski definition) is 1. The molecule has 6 rings (SSSR count). The molecule has 3 aliphatic rings. The molecule has 3 heterocycles. The number of urea groups is 1. The van der Waals surface area contributed by atoms with Crippen molar-refractivity contribution in [3.8, 4) is 11.4 Å². The normalized spacial score (nSPS) is 17.3. The second kappa shape index (κ2) is 10.7. The number of para-hydroxylation sites is 1. The number of rotatable bonds is 5. The fraction of sp³-hybridized carbons (Fsp3) is 0.484. The molecule has 39 heavy (non-hydrogen) atoms. The van der Waals surface area contributed by atoms with Crippen molar-refractivity contribution in [1.82, 2.24) is 14.7 Å². The first kappa shape index (κ1) is 25.9. The highest BCUT2D eigenvalue weighted by Gasteiger charge is 2.31. The molecule has 8 nitrogen and oxygen atoms in total. The number of benzene rings is 2. The van der Waals surface area contributed by atoms with Gasteiger partial charge in [0.1, 0.15) is 18.2 Å². The Balaban J connectivity index is 1.23. The number of carbonyl (C=O) groups excluding carboxylic acids is 1. The quantitative estimate of drug-likeness (QED) is 0.485. The molecule has 0 radical (unpaired) electrons. The molecular weight excluding hydrogens is 490 g/mol. The SMILES string of the molecule is CC(C)(C)c1cc2n(n1)-c1ccccc1CN2C(=O)Nc1ccc(OCCN2CCOCC2)c2c1CCCC2. The zero-order chi connectivity index (χ0) is 27.0. The van der Waals surface area contributed by atoms with Crippen LogP contribution in [-0.2, 0) is 29.5 Å². The summed E-state index contributed by atoms with van der Waals surface area (Å²) in [5.74, 6) is 1.75. The third-order valence-corrected chi connectivity index (χ3v) is 8.03. The molecule has 2 aromatic carbocycles. The van der Waals surface area contributed by atoms with Gasteiger partial charge in [0.2, 0.25) is 0 Å². The zero-order valence-corrected chi connectivity index (χ0v) is 23.3. The minimum Gasteiger partial charge on any atom is -0.492 e. The molecule has 1 N–H and O–H groups in total. The number of nitrogens with one attached hydrogen (secondary N) is 1. The number of amides is 2. The van der Waals surface area contributed by atoms with E-state index in [1.807, 2.05) is 33.8 Å². The van der Waals surface area contributed by atoms with E-state index in [1.54, 1.807) is 0 Å². The second-order valence-electron chi connectivity index (χ2n) is 11.8. The maximum atomic E-state index is 13.8. The Hall–Kier alpha value is -3.36. The first-order valence-corrected chi connectivity index (χ1v) is 14.2. The van der Waals surface area contributed by atoms with Crippen molar-refractivity contribution < 1.29 is 14.3 Å². The molecule has 206 valence electrons. The van der Waals surface area contributed by atoms with Crippen LogP contribution in [0.3, 0.4) is 0 Å². The minimum absolute atomic E-state index is 0.127. The average Bonchev–Trinajstić information content (AvgIpc) is 3.41. The Morgan fingerprint density at radius 3 is 2.62 bits per heavy atom. The Bertz CT molecular complexity index is 1350. The highest BCUT2D eigenvalue weighted by atomic mass is 16.5. The van der Waals surface area contributed by atoms with Crippen LogP contribution in [0.25, 0.3) is 5.69 Å². The van der Waals surface area contributed by atoms with Crippen LogP contribution in [0.15, 0.2) is 42.5 Å². The summed E-state index contributed by atoms with van der Waals surface area (Å²) < 4.78 is 13.7. The van der Waals surface area contributed by atoms with E-state index in [1.165, 1.54) is 11.1 Å². The molecule has 3 aromatic rings. The van der Waals surface area contributed by atoms with Crippen molar-refractivity contribution in [2.24, 2.45) is 0 Å². The monoisotopic (exact) mass is 529 g/mol. The maximum Gasteiger partial charge on any atom is 0.327 e. The van der Waals surface area contributed by atoms with Crippen molar-refractivity contribution >= 4 is 17.5 Å². The summed E-state index contributed by atoms with van der Waals surface area (Å²) in [5, 5.41) is 8.18. The van der Waals surface area contributed by atoms with Gasteiger partial charge in [0.15, 0.2) is 0 Å². The first-order chi connectivity index (χ1) is 18.9. The van der Waals surface area contributed by atoms with E-state index in [-0.39, 0.29) is 11.4 Å². The Morgan fingerprint density at radius 1 is 1.05 bits per heavy atom. The average molecular weight is 530 g/mol. The molecule has 2 amide bonds. The number of hydrogen-bond acceptors (Lipinski definition) is 5. The van der Waals surface area contributed by atoms with E-state index in [4.69, 9.17) is 14.6 Å². The van der Waals surface area contributed by atoms with E-state index in [2.05, 4.69) is 49.2 Å². The van der Waals surface area contributed by atoms with Gasteiger partial charge >= 0.3 is 6.03 Å². The van der Waals surface area contributed by atoms with Crippen molar-refractivity contribution in [3.63, 3.8) is 0 Å². The van der Waals surface area contributed by atoms with Crippen LogP contribution in [0.2, 0.25) is 0 Å². The van der Waals surface area contributed by atoms with Gasteiger partial charge in [0.05, 0.1) is 31.1 Å². The predicted molar refractivity (Wildman–Crippen MR) is 153 cm³/mol. The van der Waals surface area contributed by atoms with Crippen molar-refractivity contribution in [2.75, 3.05) is 49.7 Å². The summed E-state index contributed by atoms with van der Waals surface area (Å²) in [4.78, 5) is 18.0. The first-order valence-electron chi connectivity index (χ1n) is 14.2. The zero-order valence-electron chi connectivity index (χ0n) is 23.3. The molecule has 1 saturated heterocycles. The fourth-order valence-corrected chi connectivity index (χ4v) is 5.76. The smallest absolute Gasteiger partial charge is 0.327 e. The van der Waals surface area contributed by atoms with Crippen molar-refractivity contribution in [1.29, 1.82) is 0 Å². The van der Waals surface area contributed by atoms with Crippen LogP contribution >= 0.6 is 0 Å². The van der Waals surface area contributed by atoms with Crippen LogP contribution < -0.4 is 15.0 Å². The molecule has 8 heteroatoms. The van der Waals surface area contributed by atoms with Crippen LogP contribution in [0.5, 0.6) is 5.75 Å². The lowest BCUT2D eigenvalue weighted by molar-refractivity contribution is 0.0322. The summed E-state index contributed by atoms with van der Waals surface area (Å²) in [6.45, 7) is 12.0. The third kappa shape index (κ3) is 5.28. The van der Waals surface area contributed by atoms with Gasteiger partial charge in [-0.25, -0.2) is 9.48 Å². The molecule has 1 aliphatic carbocycles. The lowest BCUT2D eigenvalue weighted by atomic mass is 9.89. The van der Waals surface area contributed by atoms with Gasteiger partial charge in [0, 0.05) is 36.8 Å². The van der Waals surface area contributed by atoms with E-state index in [0.717, 1.165) is 92.7 Å². The fourth-order valence-electron chi connectivity index (χ4n) is 5.76. The summed E-state index contributed by atoms with van der Waals surface area (Å²) in [7, 11) is 0. The molecule has 0 saturated carbocycles. The van der Waals surface area contributed by atoms with Gasteiger partial charge in [-0.3, -0.25) is 9.80 Å². The Labute approximate surface area is 230 Å². The highest BCUT2D eigenvalue weighted by molar-refractivity contribution is 6.02. The lowest BCUT2D eigenvalue weighted by Gasteiger charge is -2.30. The van der Waals surface area contributed by atoms with Gasteiger partial charge in [-0.2, -0.15) is 5.10 Å². The van der Waals surface area contributed by atoms with Crippen LogP contribution in [-0.4, -0.2) is 60.2 Å². The lowest BCUT2D eigenvalue weighted by Crippen LogP contribution is -2.39. The third-order valence-electron chi connectivity index (χ3n) is 8.03. The van der Waals surface area contributed by atoms with E-state index >= 15 is 0 Å². The van der Waals surface area contributed by atoms with Crippen LogP contribution in [0.1, 0.15) is 56.0 Å². The molecule has 1 fully saturated rings. The summed E-state index contributed by atoms with van der Waals surface area (Å²) >= 11 is 0. The number of fused-ring (bicyclic) bond motifs is 4. The number of ether oxygens (including phenoxy) is 2. The topological polar surface area (TPSA) is 71.9 Å². The van der Waals surface area contributed by atoms with Gasteiger partial charge in [-0.05, 0) is 60.6 Å². The molecular formula is C31H39N5O3. The molecule has 0 bridgehead atoms. The standard InChI is InChI=1S/C31H39N5O3/c1-31(2,3)28-20-29-35(21-22-8-4-7-11-26(22)36(29)33-28)30(37)32-25-12-13-27(24-10-6-5-9-23(24)25)39-19-16-34-14-17-38-18-15-34/h4,7-8,11-13,20H,5-6,9-10,14-19,21H2,1-3H3,(H,32,37). The van der Waals surface area contributed by atoms with Crippen LogP contribution in [0.4, 0.5) is 16.3 Å². The Morgan fingerprint density at radius 2 is 1.82 bits per heavy atom. The minimum atomic E-state index is -0.139. The number of carbonyl (C=O) groups is 1. The number of anilines is 2. The van der Waals surface area contributed by atoms with Crippen molar-refractivity contribution in [3.05, 3.63) is 64.8 Å². The molecule has 0 atom stereocenters. The number of aromatic nitrogens is 2. The Kier molecular flexibility index (Phi) is 7.08. The van der Waals surface area contributed by atoms with Crippen LogP contribution in [0, 0.1) is 0 Å². The summed E-state index contributed by atoms with van der Waals surface area (Å²) in [5.41, 5.74) is 6.28. The van der Waals surface area contributed by atoms with Gasteiger partial charge < -0.3 is 14.8 Å². The number of morpholine rings is 1. The molecule has 0 unspecified atom stereocenters. The van der Waals surface area contributed by atoms with Gasteiger partial charge in [0.25, 0.3) is 0 Å². The van der Waals surface area contributed by atoms with E-state index < -0.39 is 0 Å². The summed E-state index contributed by atoms with van der Waals surface area (Å²) in [6, 6.07) is 14.1. The second-order valence-corrected chi connectivity index (χ2v) is 11.8. The molecule has 2 aliphatic heterocycles. The number of nitrogens with zero attached hydrogens (tertiary/aromatic N) is 4. The van der Waals surface area contributed by atoms with Gasteiger partial charge in [-0.15, -0.1) is 0 Å². The highest BCUT2D eigenvalue weighted by Crippen LogP contribution is 2.37. The summed E-state index contributed by atoms with van der Waals surface area (Å²) in [6.07, 6.45) is 4.18.